The van der Waals surface area contributed by atoms with Crippen LogP contribution in [-0.2, 0) is 9.47 Å². The molecule has 0 spiro atoms. The second kappa shape index (κ2) is 5.25. The van der Waals surface area contributed by atoms with Crippen LogP contribution in [-0.4, -0.2) is 21.7 Å². The Morgan fingerprint density at radius 3 is 2.32 bits per heavy atom. The summed E-state index contributed by atoms with van der Waals surface area (Å²) in [6.07, 6.45) is -0.478. The number of nitrogens with zero attached hydrogens (tertiary/aromatic N) is 1. The van der Waals surface area contributed by atoms with E-state index in [4.69, 9.17) is 32.7 Å². The van der Waals surface area contributed by atoms with Gasteiger partial charge in [-0.2, -0.15) is 0 Å². The maximum Gasteiger partial charge on any atom is 0.269 e. The van der Waals surface area contributed by atoms with Crippen molar-refractivity contribution in [1.29, 1.82) is 0 Å². The van der Waals surface area contributed by atoms with Crippen molar-refractivity contribution in [3.8, 4) is 0 Å². The molecule has 1 aliphatic rings. The third-order valence-electron chi connectivity index (χ3n) is 2.78. The summed E-state index contributed by atoms with van der Waals surface area (Å²) in [6, 6.07) is 6.05. The summed E-state index contributed by atoms with van der Waals surface area (Å²) >= 11 is 12.2. The first-order valence-corrected chi connectivity index (χ1v) is 6.55. The lowest BCUT2D eigenvalue weighted by atomic mass is 10.0. The van der Waals surface area contributed by atoms with E-state index in [0.717, 1.165) is 5.56 Å². The van der Waals surface area contributed by atoms with E-state index < -0.39 is 27.8 Å². The smallest absolute Gasteiger partial charge is 0.269 e. The zero-order chi connectivity index (χ0) is 14.2. The van der Waals surface area contributed by atoms with Crippen LogP contribution in [0.4, 0.5) is 5.69 Å². The van der Waals surface area contributed by atoms with Crippen molar-refractivity contribution >= 4 is 28.9 Å². The topological polar surface area (TPSA) is 61.6 Å². The molecule has 1 heterocycles. The van der Waals surface area contributed by atoms with Gasteiger partial charge in [0, 0.05) is 12.1 Å². The van der Waals surface area contributed by atoms with Gasteiger partial charge in [-0.05, 0) is 31.5 Å². The number of rotatable bonds is 2. The van der Waals surface area contributed by atoms with Crippen LogP contribution in [0, 0.1) is 10.1 Å². The minimum Gasteiger partial charge on any atom is -0.341 e. The van der Waals surface area contributed by atoms with E-state index in [1.807, 2.05) is 0 Å². The predicted molar refractivity (Wildman–Crippen MR) is 71.4 cm³/mol. The van der Waals surface area contributed by atoms with Crippen LogP contribution in [0.15, 0.2) is 24.3 Å². The maximum atomic E-state index is 10.6. The number of alkyl halides is 2. The van der Waals surface area contributed by atoms with Crippen LogP contribution in [0.5, 0.6) is 0 Å². The van der Waals surface area contributed by atoms with E-state index in [1.54, 1.807) is 26.0 Å². The van der Waals surface area contributed by atoms with Crippen LogP contribution < -0.4 is 0 Å². The van der Waals surface area contributed by atoms with Gasteiger partial charge in [-0.25, -0.2) is 0 Å². The number of ether oxygens (including phenoxy) is 2. The molecule has 19 heavy (non-hydrogen) atoms. The Morgan fingerprint density at radius 1 is 1.21 bits per heavy atom. The molecule has 0 aromatic heterocycles. The highest BCUT2D eigenvalue weighted by atomic mass is 35.5. The van der Waals surface area contributed by atoms with E-state index in [2.05, 4.69) is 0 Å². The van der Waals surface area contributed by atoms with Crippen molar-refractivity contribution in [2.75, 3.05) is 0 Å². The Labute approximate surface area is 120 Å². The van der Waals surface area contributed by atoms with Crippen LogP contribution >= 0.6 is 23.2 Å². The van der Waals surface area contributed by atoms with E-state index >= 15 is 0 Å². The van der Waals surface area contributed by atoms with Gasteiger partial charge < -0.3 is 9.47 Å². The molecular formula is C12H13Cl2NO4. The number of nitro benzene ring substituents is 1. The monoisotopic (exact) mass is 305 g/mol. The first-order chi connectivity index (χ1) is 8.80. The maximum absolute atomic E-state index is 10.6. The van der Waals surface area contributed by atoms with Gasteiger partial charge in [-0.1, -0.05) is 11.6 Å². The number of benzene rings is 1. The molecule has 0 radical (unpaired) electrons. The van der Waals surface area contributed by atoms with Crippen molar-refractivity contribution < 1.29 is 14.4 Å². The van der Waals surface area contributed by atoms with Crippen LogP contribution in [0.25, 0.3) is 0 Å². The van der Waals surface area contributed by atoms with Crippen LogP contribution in [0.3, 0.4) is 0 Å². The molecule has 0 amide bonds. The Kier molecular flexibility index (Phi) is 4.01. The van der Waals surface area contributed by atoms with Crippen molar-refractivity contribution in [3.63, 3.8) is 0 Å². The van der Waals surface area contributed by atoms with Crippen LogP contribution in [0.2, 0.25) is 0 Å². The number of nitro groups is 1. The van der Waals surface area contributed by atoms with E-state index in [1.165, 1.54) is 12.1 Å². The Hall–Kier alpha value is -0.880. The van der Waals surface area contributed by atoms with E-state index in [9.17, 15) is 10.1 Å². The fraction of sp³-hybridized carbons (Fsp3) is 0.500. The number of hydrogen-bond donors (Lipinski definition) is 0. The largest absolute Gasteiger partial charge is 0.341 e. The number of hydrogen-bond acceptors (Lipinski definition) is 4. The molecular weight excluding hydrogens is 293 g/mol. The predicted octanol–water partition coefficient (Wildman–Crippen LogP) is 3.59. The molecule has 2 rings (SSSR count). The molecule has 5 nitrogen and oxygen atoms in total. The quantitative estimate of drug-likeness (QED) is 0.476. The van der Waals surface area contributed by atoms with Gasteiger partial charge in [0.25, 0.3) is 5.69 Å². The summed E-state index contributed by atoms with van der Waals surface area (Å²) in [5, 5.41) is 10.0. The second-order valence-electron chi connectivity index (χ2n) is 4.70. The summed E-state index contributed by atoms with van der Waals surface area (Å²) in [5.41, 5.74) is 0.0573. The van der Waals surface area contributed by atoms with Crippen molar-refractivity contribution in [1.82, 2.24) is 0 Å². The fourth-order valence-corrected chi connectivity index (χ4v) is 2.50. The molecule has 1 aliphatic heterocycles. The lowest BCUT2D eigenvalue weighted by Crippen LogP contribution is -2.45. The SMILES string of the molecule is CC1(C)OC(Cl)C(Cl)C(c2ccc([N+](=O)[O-])cc2)O1. The normalized spacial score (nSPS) is 30.0. The summed E-state index contributed by atoms with van der Waals surface area (Å²) in [6.45, 7) is 3.48. The molecule has 3 unspecified atom stereocenters. The summed E-state index contributed by atoms with van der Waals surface area (Å²) < 4.78 is 11.1. The summed E-state index contributed by atoms with van der Waals surface area (Å²) in [4.78, 5) is 10.2. The molecule has 0 N–H and O–H groups in total. The third kappa shape index (κ3) is 3.17. The molecule has 1 saturated heterocycles. The minimum absolute atomic E-state index is 0.0172. The molecule has 0 saturated carbocycles. The van der Waals surface area contributed by atoms with E-state index in [-0.39, 0.29) is 5.69 Å². The van der Waals surface area contributed by atoms with E-state index in [0.29, 0.717) is 0 Å². The van der Waals surface area contributed by atoms with Crippen molar-refractivity contribution in [2.45, 2.75) is 36.7 Å². The van der Waals surface area contributed by atoms with Crippen LogP contribution in [0.1, 0.15) is 25.5 Å². The number of halogens is 2. The summed E-state index contributed by atoms with van der Waals surface area (Å²) in [7, 11) is 0. The molecule has 1 aromatic carbocycles. The average molecular weight is 306 g/mol. The second-order valence-corrected chi connectivity index (χ2v) is 5.63. The lowest BCUT2D eigenvalue weighted by molar-refractivity contribution is -0.384. The lowest BCUT2D eigenvalue weighted by Gasteiger charge is -2.41. The molecule has 1 fully saturated rings. The highest BCUT2D eigenvalue weighted by Crippen LogP contribution is 2.40. The Bertz CT molecular complexity index is 477. The number of non-ortho nitro benzene ring substituents is 1. The molecule has 0 bridgehead atoms. The highest BCUT2D eigenvalue weighted by Gasteiger charge is 2.42. The average Bonchev–Trinajstić information content (AvgIpc) is 2.33. The molecule has 7 heteroatoms. The van der Waals surface area contributed by atoms with Crippen molar-refractivity contribution in [3.05, 3.63) is 39.9 Å². The molecule has 3 atom stereocenters. The van der Waals surface area contributed by atoms with Gasteiger partial charge in [0.15, 0.2) is 11.4 Å². The molecule has 0 aliphatic carbocycles. The van der Waals surface area contributed by atoms with Gasteiger partial charge in [0.05, 0.1) is 4.92 Å². The first kappa shape index (κ1) is 14.5. The Balaban J connectivity index is 2.26. The molecule has 104 valence electrons. The summed E-state index contributed by atoms with van der Waals surface area (Å²) in [5.74, 6) is -0.857. The van der Waals surface area contributed by atoms with Gasteiger partial charge >= 0.3 is 0 Å². The Morgan fingerprint density at radius 2 is 1.79 bits per heavy atom. The van der Waals surface area contributed by atoms with Crippen molar-refractivity contribution in [2.24, 2.45) is 0 Å². The van der Waals surface area contributed by atoms with Gasteiger partial charge in [0.2, 0.25) is 0 Å². The first-order valence-electron chi connectivity index (χ1n) is 5.68. The third-order valence-corrected chi connectivity index (χ3v) is 3.73. The van der Waals surface area contributed by atoms with Gasteiger partial charge in [0.1, 0.15) is 11.5 Å². The standard InChI is InChI=1S/C12H13Cl2NO4/c1-12(2)18-10(9(13)11(14)19-12)7-3-5-8(6-4-7)15(16)17/h3-6,9-11H,1-2H3. The van der Waals surface area contributed by atoms with Gasteiger partial charge in [-0.3, -0.25) is 10.1 Å². The van der Waals surface area contributed by atoms with Gasteiger partial charge in [-0.15, -0.1) is 11.6 Å². The highest BCUT2D eigenvalue weighted by molar-refractivity contribution is 6.29. The zero-order valence-electron chi connectivity index (χ0n) is 10.4. The zero-order valence-corrected chi connectivity index (χ0v) is 11.9. The molecule has 1 aromatic rings. The fourth-order valence-electron chi connectivity index (χ4n) is 1.91. The minimum atomic E-state index is -0.857.